The molecule has 0 bridgehead atoms. The summed E-state index contributed by atoms with van der Waals surface area (Å²) in [4.78, 5) is 19.9. The average molecular weight is 514 g/mol. The van der Waals surface area contributed by atoms with E-state index < -0.39 is 5.97 Å². The SMILES string of the molecule is COc1ccc2nc(COc3ccc(CCC(=O)O)c(OCc4ccc(CO)nc4)c3)n(C)c2c1.Cl. The van der Waals surface area contributed by atoms with Gasteiger partial charge in [-0.05, 0) is 36.2 Å². The summed E-state index contributed by atoms with van der Waals surface area (Å²) < 4.78 is 19.3. The Morgan fingerprint density at radius 3 is 2.53 bits per heavy atom. The van der Waals surface area contributed by atoms with Crippen LogP contribution in [0.2, 0.25) is 0 Å². The number of aliphatic hydroxyl groups excluding tert-OH is 1. The van der Waals surface area contributed by atoms with Crippen molar-refractivity contribution in [3.63, 3.8) is 0 Å². The van der Waals surface area contributed by atoms with Crippen molar-refractivity contribution in [3.05, 3.63) is 77.4 Å². The molecule has 4 rings (SSSR count). The van der Waals surface area contributed by atoms with Crippen LogP contribution >= 0.6 is 12.4 Å². The van der Waals surface area contributed by atoms with Gasteiger partial charge in [0.05, 0.1) is 30.4 Å². The van der Waals surface area contributed by atoms with E-state index >= 15 is 0 Å². The Morgan fingerprint density at radius 1 is 1.03 bits per heavy atom. The van der Waals surface area contributed by atoms with E-state index in [1.807, 2.05) is 41.9 Å². The van der Waals surface area contributed by atoms with Crippen molar-refractivity contribution in [1.29, 1.82) is 0 Å². The normalized spacial score (nSPS) is 10.6. The van der Waals surface area contributed by atoms with Gasteiger partial charge < -0.3 is 29.0 Å². The highest BCUT2D eigenvalue weighted by atomic mass is 35.5. The van der Waals surface area contributed by atoms with Crippen molar-refractivity contribution in [1.82, 2.24) is 14.5 Å². The Labute approximate surface area is 214 Å². The molecule has 0 aliphatic carbocycles. The van der Waals surface area contributed by atoms with Gasteiger partial charge in [-0.1, -0.05) is 12.1 Å². The number of carboxylic acids is 1. The van der Waals surface area contributed by atoms with Gasteiger partial charge in [-0.15, -0.1) is 12.4 Å². The van der Waals surface area contributed by atoms with Gasteiger partial charge in [0.1, 0.15) is 36.3 Å². The summed E-state index contributed by atoms with van der Waals surface area (Å²) >= 11 is 0. The Balaban J connectivity index is 0.00000361. The number of hydrogen-bond donors (Lipinski definition) is 2. The average Bonchev–Trinajstić information content (AvgIpc) is 3.20. The predicted molar refractivity (Wildman–Crippen MR) is 136 cm³/mol. The molecule has 0 saturated heterocycles. The zero-order valence-electron chi connectivity index (χ0n) is 20.0. The number of aliphatic carboxylic acids is 1. The van der Waals surface area contributed by atoms with Gasteiger partial charge in [0.2, 0.25) is 0 Å². The zero-order valence-corrected chi connectivity index (χ0v) is 20.8. The summed E-state index contributed by atoms with van der Waals surface area (Å²) in [6.45, 7) is 0.363. The van der Waals surface area contributed by atoms with Crippen LogP contribution in [0.15, 0.2) is 54.7 Å². The predicted octanol–water partition coefficient (Wildman–Crippen LogP) is 4.07. The summed E-state index contributed by atoms with van der Waals surface area (Å²) in [5, 5.41) is 18.3. The minimum absolute atomic E-state index is 0. The van der Waals surface area contributed by atoms with E-state index in [4.69, 9.17) is 24.4 Å². The molecule has 0 unspecified atom stereocenters. The molecule has 0 fully saturated rings. The number of halogens is 1. The van der Waals surface area contributed by atoms with Crippen molar-refractivity contribution in [3.8, 4) is 17.2 Å². The number of aryl methyl sites for hydroxylation is 2. The number of nitrogens with zero attached hydrogens (tertiary/aromatic N) is 3. The fourth-order valence-electron chi connectivity index (χ4n) is 3.63. The van der Waals surface area contributed by atoms with E-state index in [0.29, 0.717) is 23.6 Å². The van der Waals surface area contributed by atoms with Crippen LogP contribution < -0.4 is 14.2 Å². The molecule has 2 aromatic heterocycles. The van der Waals surface area contributed by atoms with E-state index in [-0.39, 0.29) is 38.6 Å². The van der Waals surface area contributed by atoms with Crippen LogP contribution in [0.1, 0.15) is 29.1 Å². The fourth-order valence-corrected chi connectivity index (χ4v) is 3.63. The summed E-state index contributed by atoms with van der Waals surface area (Å²) in [6.07, 6.45) is 1.97. The molecule has 2 N–H and O–H groups in total. The molecule has 0 aliphatic heterocycles. The smallest absolute Gasteiger partial charge is 0.303 e. The van der Waals surface area contributed by atoms with Gasteiger partial charge in [0, 0.05) is 37.4 Å². The molecule has 10 heteroatoms. The first-order valence-corrected chi connectivity index (χ1v) is 11.1. The minimum Gasteiger partial charge on any atom is -0.497 e. The number of fused-ring (bicyclic) bond motifs is 1. The second kappa shape index (κ2) is 12.2. The van der Waals surface area contributed by atoms with Gasteiger partial charge >= 0.3 is 5.97 Å². The number of hydrogen-bond acceptors (Lipinski definition) is 7. The number of carboxylic acid groups (broad SMARTS) is 1. The number of benzene rings is 2. The second-order valence-electron chi connectivity index (χ2n) is 8.00. The first-order chi connectivity index (χ1) is 17.0. The molecular weight excluding hydrogens is 486 g/mol. The second-order valence-corrected chi connectivity index (χ2v) is 8.00. The van der Waals surface area contributed by atoms with Gasteiger partial charge in [-0.25, -0.2) is 4.98 Å². The number of aliphatic hydroxyl groups is 1. The molecule has 0 radical (unpaired) electrons. The lowest BCUT2D eigenvalue weighted by Crippen LogP contribution is -2.05. The van der Waals surface area contributed by atoms with Crippen molar-refractivity contribution >= 4 is 29.4 Å². The van der Waals surface area contributed by atoms with Crippen LogP contribution in [-0.4, -0.2) is 37.8 Å². The summed E-state index contributed by atoms with van der Waals surface area (Å²) in [5.74, 6) is 1.76. The van der Waals surface area contributed by atoms with E-state index in [1.54, 1.807) is 31.5 Å². The minimum atomic E-state index is -0.876. The molecule has 0 saturated carbocycles. The van der Waals surface area contributed by atoms with E-state index in [2.05, 4.69) is 9.97 Å². The zero-order chi connectivity index (χ0) is 24.8. The summed E-state index contributed by atoms with van der Waals surface area (Å²) in [5.41, 5.74) is 3.96. The standard InChI is InChI=1S/C26H27N3O6.ClH/c1-29-23-11-20(33-2)8-9-22(23)28-25(29)16-34-21-7-4-18(5-10-26(31)32)24(12-21)35-15-17-3-6-19(14-30)27-13-17;/h3-4,6-9,11-13,30H,5,10,14-16H2,1-2H3,(H,31,32);1H. The third kappa shape index (κ3) is 6.44. The molecule has 0 spiro atoms. The van der Waals surface area contributed by atoms with Gasteiger partial charge in [0.15, 0.2) is 0 Å². The highest BCUT2D eigenvalue weighted by molar-refractivity contribution is 5.85. The van der Waals surface area contributed by atoms with Crippen LogP contribution in [0.5, 0.6) is 17.2 Å². The lowest BCUT2D eigenvalue weighted by Gasteiger charge is -2.14. The lowest BCUT2D eigenvalue weighted by atomic mass is 10.1. The molecule has 0 amide bonds. The van der Waals surface area contributed by atoms with E-state index in [0.717, 1.165) is 33.7 Å². The molecule has 2 aromatic carbocycles. The molecule has 0 aliphatic rings. The number of ether oxygens (including phenoxy) is 3. The maximum absolute atomic E-state index is 11.1. The summed E-state index contributed by atoms with van der Waals surface area (Å²) in [6, 6.07) is 14.6. The molecule has 9 nitrogen and oxygen atoms in total. The molecule has 0 atom stereocenters. The third-order valence-corrected chi connectivity index (χ3v) is 5.64. The van der Waals surface area contributed by atoms with Crippen molar-refractivity contribution in [2.45, 2.75) is 32.7 Å². The number of aromatic nitrogens is 3. The quantitative estimate of drug-likeness (QED) is 0.308. The maximum atomic E-state index is 11.1. The number of methoxy groups -OCH3 is 1. The number of pyridine rings is 1. The first-order valence-electron chi connectivity index (χ1n) is 11.1. The van der Waals surface area contributed by atoms with Crippen molar-refractivity contribution in [2.75, 3.05) is 7.11 Å². The van der Waals surface area contributed by atoms with Gasteiger partial charge in [0.25, 0.3) is 0 Å². The number of rotatable bonds is 11. The van der Waals surface area contributed by atoms with Crippen LogP contribution in [0.25, 0.3) is 11.0 Å². The Hall–Kier alpha value is -3.82. The third-order valence-electron chi connectivity index (χ3n) is 5.64. The van der Waals surface area contributed by atoms with Crippen molar-refractivity contribution < 1.29 is 29.2 Å². The van der Waals surface area contributed by atoms with Crippen molar-refractivity contribution in [2.24, 2.45) is 7.05 Å². The molecule has 36 heavy (non-hydrogen) atoms. The molecule has 4 aromatic rings. The monoisotopic (exact) mass is 513 g/mol. The topological polar surface area (TPSA) is 116 Å². The Bertz CT molecular complexity index is 1320. The Morgan fingerprint density at radius 2 is 1.83 bits per heavy atom. The van der Waals surface area contributed by atoms with E-state index in [9.17, 15) is 4.79 Å². The molecular formula is C26H28ClN3O6. The van der Waals surface area contributed by atoms with Gasteiger partial charge in [-0.3, -0.25) is 9.78 Å². The van der Waals surface area contributed by atoms with E-state index in [1.165, 1.54) is 0 Å². The maximum Gasteiger partial charge on any atom is 0.303 e. The van der Waals surface area contributed by atoms with Crippen LogP contribution in [0, 0.1) is 0 Å². The van der Waals surface area contributed by atoms with Gasteiger partial charge in [-0.2, -0.15) is 0 Å². The lowest BCUT2D eigenvalue weighted by molar-refractivity contribution is -0.136. The summed E-state index contributed by atoms with van der Waals surface area (Å²) in [7, 11) is 3.55. The highest BCUT2D eigenvalue weighted by Crippen LogP contribution is 2.28. The number of imidazole rings is 1. The molecule has 190 valence electrons. The largest absolute Gasteiger partial charge is 0.497 e. The highest BCUT2D eigenvalue weighted by Gasteiger charge is 2.12. The Kier molecular flexibility index (Phi) is 9.10. The fraction of sp³-hybridized carbons (Fsp3) is 0.269. The first kappa shape index (κ1) is 26.8. The van der Waals surface area contributed by atoms with Crippen LogP contribution in [0.4, 0.5) is 0 Å². The molecule has 2 heterocycles. The number of carbonyl (C=O) groups is 1. The van der Waals surface area contributed by atoms with Crippen LogP contribution in [-0.2, 0) is 38.1 Å². The van der Waals surface area contributed by atoms with Crippen LogP contribution in [0.3, 0.4) is 0 Å².